The fourth-order valence-electron chi connectivity index (χ4n) is 6.64. The first-order valence-corrected chi connectivity index (χ1v) is 18.0. The molecule has 3 heterocycles. The van der Waals surface area contributed by atoms with Crippen molar-refractivity contribution in [1.29, 1.82) is 0 Å². The van der Waals surface area contributed by atoms with Gasteiger partial charge in [-0.2, -0.15) is 0 Å². The van der Waals surface area contributed by atoms with Crippen LogP contribution in [0.15, 0.2) is 109 Å². The van der Waals surface area contributed by atoms with Crippen LogP contribution in [-0.2, 0) is 29.1 Å². The maximum Gasteiger partial charge on any atom is 0.251 e. The fourth-order valence-corrected chi connectivity index (χ4v) is 6.96. The molecular formula is C41H38Cl2N6O3. The number of aromatic nitrogens is 2. The molecule has 0 saturated carbocycles. The van der Waals surface area contributed by atoms with Crippen molar-refractivity contribution in [3.8, 4) is 0 Å². The molecule has 52 heavy (non-hydrogen) atoms. The first-order valence-electron chi connectivity index (χ1n) is 17.2. The van der Waals surface area contributed by atoms with Gasteiger partial charge in [0.15, 0.2) is 0 Å². The van der Waals surface area contributed by atoms with E-state index >= 15 is 0 Å². The highest BCUT2D eigenvalue weighted by Gasteiger charge is 2.25. The van der Waals surface area contributed by atoms with Crippen molar-refractivity contribution >= 4 is 68.3 Å². The quantitative estimate of drug-likeness (QED) is 0.0929. The van der Waals surface area contributed by atoms with Gasteiger partial charge in [0.2, 0.25) is 11.8 Å². The van der Waals surface area contributed by atoms with Gasteiger partial charge in [-0.15, -0.1) is 0 Å². The van der Waals surface area contributed by atoms with Crippen LogP contribution in [0, 0.1) is 0 Å². The first kappa shape index (κ1) is 35.1. The summed E-state index contributed by atoms with van der Waals surface area (Å²) in [7, 11) is 0. The van der Waals surface area contributed by atoms with Gasteiger partial charge in [-0.25, -0.2) is 0 Å². The van der Waals surface area contributed by atoms with Gasteiger partial charge in [-0.3, -0.25) is 19.3 Å². The van der Waals surface area contributed by atoms with E-state index in [1.807, 2.05) is 85.2 Å². The first-order chi connectivity index (χ1) is 25.3. The molecule has 0 unspecified atom stereocenters. The van der Waals surface area contributed by atoms with Crippen LogP contribution in [0.2, 0.25) is 10.0 Å². The van der Waals surface area contributed by atoms with Crippen molar-refractivity contribution in [3.05, 3.63) is 147 Å². The van der Waals surface area contributed by atoms with Gasteiger partial charge in [0.1, 0.15) is 6.04 Å². The molecule has 4 aromatic carbocycles. The molecule has 5 N–H and O–H groups in total. The summed E-state index contributed by atoms with van der Waals surface area (Å²) < 4.78 is 0. The van der Waals surface area contributed by atoms with Gasteiger partial charge < -0.3 is 25.9 Å². The Morgan fingerprint density at radius 1 is 0.769 bits per heavy atom. The zero-order chi connectivity index (χ0) is 36.0. The van der Waals surface area contributed by atoms with Gasteiger partial charge in [-0.1, -0.05) is 83.9 Å². The highest BCUT2D eigenvalue weighted by atomic mass is 35.5. The van der Waals surface area contributed by atoms with E-state index in [0.29, 0.717) is 41.7 Å². The molecule has 11 heteroatoms. The van der Waals surface area contributed by atoms with Gasteiger partial charge in [0.05, 0.1) is 16.6 Å². The number of benzene rings is 4. The zero-order valence-electron chi connectivity index (χ0n) is 28.3. The molecule has 0 fully saturated rings. The molecule has 0 bridgehead atoms. The van der Waals surface area contributed by atoms with Crippen LogP contribution in [0.3, 0.4) is 0 Å². The highest BCUT2D eigenvalue weighted by Crippen LogP contribution is 2.30. The lowest BCUT2D eigenvalue weighted by Crippen LogP contribution is -2.50. The number of aromatic amines is 2. The fraction of sp³-hybridized carbons (Fsp3) is 0.195. The Morgan fingerprint density at radius 3 is 2.35 bits per heavy atom. The van der Waals surface area contributed by atoms with Crippen LogP contribution in [-0.4, -0.2) is 58.3 Å². The number of carbonyl (C=O) groups excluding carboxylic acids is 3. The molecule has 2 aromatic heterocycles. The SMILES string of the molecule is O=C(CN1CC=C(c2c[nH]c3ccc(C(=O)NCc4ccccc4)cc23)CC1)N[C@H](Cc1c[nH]c2ccccc12)C(=O)NCc1ccc(Cl)c(Cl)c1. The van der Waals surface area contributed by atoms with Gasteiger partial charge >= 0.3 is 0 Å². The van der Waals surface area contributed by atoms with Crippen LogP contribution in [0.25, 0.3) is 27.4 Å². The summed E-state index contributed by atoms with van der Waals surface area (Å²) in [5.41, 5.74) is 7.50. The lowest BCUT2D eigenvalue weighted by atomic mass is 9.98. The molecule has 0 aliphatic carbocycles. The van der Waals surface area contributed by atoms with E-state index in [0.717, 1.165) is 56.1 Å². The van der Waals surface area contributed by atoms with Gasteiger partial charge in [0.25, 0.3) is 5.91 Å². The molecule has 0 radical (unpaired) electrons. The van der Waals surface area contributed by atoms with E-state index in [1.165, 1.54) is 0 Å². The molecule has 0 spiro atoms. The number of nitrogens with zero attached hydrogens (tertiary/aromatic N) is 1. The number of para-hydroxylation sites is 1. The number of fused-ring (bicyclic) bond motifs is 2. The molecule has 9 nitrogen and oxygen atoms in total. The summed E-state index contributed by atoms with van der Waals surface area (Å²) in [6, 6.07) is 27.8. The summed E-state index contributed by atoms with van der Waals surface area (Å²) in [6.45, 7) is 2.08. The predicted molar refractivity (Wildman–Crippen MR) is 207 cm³/mol. The van der Waals surface area contributed by atoms with E-state index in [-0.39, 0.29) is 30.8 Å². The van der Waals surface area contributed by atoms with Crippen molar-refractivity contribution in [2.75, 3.05) is 19.6 Å². The molecule has 264 valence electrons. The molecule has 1 atom stereocenters. The van der Waals surface area contributed by atoms with E-state index in [2.05, 4.69) is 36.9 Å². The number of H-pyrrole nitrogens is 2. The van der Waals surface area contributed by atoms with E-state index in [9.17, 15) is 14.4 Å². The Labute approximate surface area is 311 Å². The zero-order valence-corrected chi connectivity index (χ0v) is 29.9. The second kappa shape index (κ2) is 15.9. The lowest BCUT2D eigenvalue weighted by Gasteiger charge is -2.27. The average molecular weight is 734 g/mol. The number of halogens is 2. The Kier molecular flexibility index (Phi) is 10.7. The maximum atomic E-state index is 13.6. The molecule has 1 aliphatic rings. The summed E-state index contributed by atoms with van der Waals surface area (Å²) in [6.07, 6.45) is 7.05. The predicted octanol–water partition coefficient (Wildman–Crippen LogP) is 7.02. The van der Waals surface area contributed by atoms with Crippen LogP contribution in [0.4, 0.5) is 0 Å². The largest absolute Gasteiger partial charge is 0.361 e. The maximum absolute atomic E-state index is 13.6. The highest BCUT2D eigenvalue weighted by molar-refractivity contribution is 6.42. The van der Waals surface area contributed by atoms with Crippen LogP contribution >= 0.6 is 23.2 Å². The van der Waals surface area contributed by atoms with Crippen molar-refractivity contribution in [2.45, 2.75) is 32.0 Å². The second-order valence-corrected chi connectivity index (χ2v) is 13.8. The molecule has 7 rings (SSSR count). The second-order valence-electron chi connectivity index (χ2n) is 13.0. The van der Waals surface area contributed by atoms with Crippen molar-refractivity contribution in [2.24, 2.45) is 0 Å². The Morgan fingerprint density at radius 2 is 1.54 bits per heavy atom. The summed E-state index contributed by atoms with van der Waals surface area (Å²) in [5.74, 6) is -0.651. The molecule has 6 aromatic rings. The van der Waals surface area contributed by atoms with E-state index in [1.54, 1.807) is 18.2 Å². The third-order valence-corrected chi connectivity index (χ3v) is 10.2. The van der Waals surface area contributed by atoms with Crippen LogP contribution < -0.4 is 16.0 Å². The van der Waals surface area contributed by atoms with Crippen molar-refractivity contribution in [1.82, 2.24) is 30.8 Å². The minimum absolute atomic E-state index is 0.126. The number of nitrogens with one attached hydrogen (secondary N) is 5. The Bertz CT molecular complexity index is 2280. The minimum Gasteiger partial charge on any atom is -0.361 e. The van der Waals surface area contributed by atoms with E-state index < -0.39 is 6.04 Å². The third kappa shape index (κ3) is 8.23. The number of carbonyl (C=O) groups is 3. The summed E-state index contributed by atoms with van der Waals surface area (Å²) in [4.78, 5) is 48.7. The normalized spacial score (nSPS) is 13.8. The number of amides is 3. The minimum atomic E-state index is -0.796. The standard InChI is InChI=1S/C41H38Cl2N6O3/c42-34-12-10-27(18-35(34)43)22-47-41(52)38(20-30-23-44-36-9-5-4-8-31(30)36)48-39(50)25-49-16-14-28(15-17-49)33-24-45-37-13-11-29(19-32(33)37)40(51)46-21-26-6-2-1-3-7-26/h1-14,18-19,23-24,38,44-45H,15-17,20-22,25H2,(H,46,51)(H,47,52)(H,48,50)/t38-/m1/s1. The molecule has 3 amide bonds. The van der Waals surface area contributed by atoms with Gasteiger partial charge in [0, 0.05) is 77.9 Å². The molecule has 0 saturated heterocycles. The topological polar surface area (TPSA) is 122 Å². The van der Waals surface area contributed by atoms with Crippen LogP contribution in [0.1, 0.15) is 39.0 Å². The van der Waals surface area contributed by atoms with E-state index in [4.69, 9.17) is 23.2 Å². The monoisotopic (exact) mass is 732 g/mol. The van der Waals surface area contributed by atoms with Crippen LogP contribution in [0.5, 0.6) is 0 Å². The van der Waals surface area contributed by atoms with Crippen molar-refractivity contribution < 1.29 is 14.4 Å². The third-order valence-electron chi connectivity index (χ3n) is 9.45. The smallest absolute Gasteiger partial charge is 0.251 e. The molecule has 1 aliphatic heterocycles. The lowest BCUT2D eigenvalue weighted by molar-refractivity contribution is -0.129. The summed E-state index contributed by atoms with van der Waals surface area (Å²) in [5, 5.41) is 11.8. The Hall–Kier alpha value is -5.35. The number of rotatable bonds is 12. The number of hydrogen-bond donors (Lipinski definition) is 5. The van der Waals surface area contributed by atoms with Gasteiger partial charge in [-0.05, 0) is 65.1 Å². The Balaban J connectivity index is 0.996. The molecular weight excluding hydrogens is 695 g/mol. The summed E-state index contributed by atoms with van der Waals surface area (Å²) >= 11 is 12.2. The van der Waals surface area contributed by atoms with Crippen molar-refractivity contribution in [3.63, 3.8) is 0 Å². The number of hydrogen-bond acceptors (Lipinski definition) is 4. The average Bonchev–Trinajstić information content (AvgIpc) is 3.78.